The van der Waals surface area contributed by atoms with Crippen molar-refractivity contribution in [2.45, 2.75) is 6.92 Å². The van der Waals surface area contributed by atoms with Gasteiger partial charge in [0.1, 0.15) is 5.82 Å². The third kappa shape index (κ3) is 3.09. The van der Waals surface area contributed by atoms with Crippen LogP contribution in [0.25, 0.3) is 5.65 Å². The van der Waals surface area contributed by atoms with Crippen LogP contribution < -0.4 is 4.90 Å². The molecule has 0 saturated carbocycles. The molecule has 0 atom stereocenters. The molecule has 3 aromatic rings. The minimum absolute atomic E-state index is 0.0743. The van der Waals surface area contributed by atoms with Crippen LogP contribution >= 0.6 is 15.9 Å². The molecule has 25 heavy (non-hydrogen) atoms. The fraction of sp³-hybridized carbons (Fsp3) is 0.294. The summed E-state index contributed by atoms with van der Waals surface area (Å²) >= 11 is 3.39. The van der Waals surface area contributed by atoms with Gasteiger partial charge in [-0.1, -0.05) is 15.9 Å². The predicted molar refractivity (Wildman–Crippen MR) is 97.8 cm³/mol. The molecule has 0 spiro atoms. The Morgan fingerprint density at radius 1 is 1.00 bits per heavy atom. The number of carbonyl (C=O) groups excluding carboxylic acids is 1. The largest absolute Gasteiger partial charge is 0.352 e. The van der Waals surface area contributed by atoms with Crippen LogP contribution in [0.2, 0.25) is 0 Å². The average Bonchev–Trinajstić information content (AvgIpc) is 3.02. The molecule has 1 aliphatic heterocycles. The summed E-state index contributed by atoms with van der Waals surface area (Å²) in [5, 5.41) is 12.7. The molecule has 1 amide bonds. The van der Waals surface area contributed by atoms with Crippen molar-refractivity contribution in [3.8, 4) is 0 Å². The highest BCUT2D eigenvalue weighted by Crippen LogP contribution is 2.17. The fourth-order valence-electron chi connectivity index (χ4n) is 2.97. The molecule has 1 aliphatic rings. The van der Waals surface area contributed by atoms with Crippen LogP contribution in [0.4, 0.5) is 5.82 Å². The van der Waals surface area contributed by atoms with Gasteiger partial charge in [-0.2, -0.15) is 4.52 Å². The number of hydrogen-bond acceptors (Lipinski definition) is 5. The van der Waals surface area contributed by atoms with Gasteiger partial charge in [-0.3, -0.25) is 4.79 Å². The van der Waals surface area contributed by atoms with Gasteiger partial charge in [-0.15, -0.1) is 15.3 Å². The normalized spacial score (nSPS) is 15.0. The molecule has 0 N–H and O–H groups in total. The van der Waals surface area contributed by atoms with Gasteiger partial charge in [-0.05, 0) is 43.3 Å². The highest BCUT2D eigenvalue weighted by Gasteiger charge is 2.23. The molecule has 0 radical (unpaired) electrons. The van der Waals surface area contributed by atoms with Crippen LogP contribution in [-0.2, 0) is 0 Å². The maximum absolute atomic E-state index is 12.6. The standard InChI is InChI=1S/C17H17BrN6O/c1-12-19-20-15-6-7-16(21-24(12)15)22-8-10-23(11-9-22)17(25)13-2-4-14(18)5-3-13/h2-7H,8-11H2,1H3. The molecule has 7 nitrogen and oxygen atoms in total. The van der Waals surface area contributed by atoms with E-state index in [-0.39, 0.29) is 5.91 Å². The molecule has 1 saturated heterocycles. The zero-order valence-corrected chi connectivity index (χ0v) is 15.3. The fourth-order valence-corrected chi connectivity index (χ4v) is 3.23. The van der Waals surface area contributed by atoms with E-state index >= 15 is 0 Å². The second-order valence-electron chi connectivity index (χ2n) is 5.99. The summed E-state index contributed by atoms with van der Waals surface area (Å²) in [4.78, 5) is 16.7. The summed E-state index contributed by atoms with van der Waals surface area (Å²) < 4.78 is 2.72. The Morgan fingerprint density at radius 3 is 2.44 bits per heavy atom. The van der Waals surface area contributed by atoms with Gasteiger partial charge in [0.2, 0.25) is 0 Å². The SMILES string of the molecule is Cc1nnc2ccc(N3CCN(C(=O)c4ccc(Br)cc4)CC3)nn12. The van der Waals surface area contributed by atoms with Crippen molar-refractivity contribution in [2.24, 2.45) is 0 Å². The van der Waals surface area contributed by atoms with Gasteiger partial charge in [0.15, 0.2) is 11.5 Å². The van der Waals surface area contributed by atoms with Crippen LogP contribution in [-0.4, -0.2) is 56.8 Å². The van der Waals surface area contributed by atoms with Gasteiger partial charge in [-0.25, -0.2) is 0 Å². The molecule has 128 valence electrons. The van der Waals surface area contributed by atoms with E-state index in [2.05, 4.69) is 36.1 Å². The lowest BCUT2D eigenvalue weighted by Crippen LogP contribution is -2.49. The van der Waals surface area contributed by atoms with Crippen molar-refractivity contribution in [1.82, 2.24) is 24.7 Å². The molecule has 0 aliphatic carbocycles. The van der Waals surface area contributed by atoms with E-state index in [1.807, 2.05) is 48.2 Å². The van der Waals surface area contributed by atoms with E-state index in [1.165, 1.54) is 0 Å². The lowest BCUT2D eigenvalue weighted by atomic mass is 10.2. The average molecular weight is 401 g/mol. The predicted octanol–water partition coefficient (Wildman–Crippen LogP) is 2.16. The summed E-state index contributed by atoms with van der Waals surface area (Å²) in [5.74, 6) is 1.72. The quantitative estimate of drug-likeness (QED) is 0.659. The van der Waals surface area contributed by atoms with Crippen molar-refractivity contribution in [3.63, 3.8) is 0 Å². The first-order valence-electron chi connectivity index (χ1n) is 8.11. The van der Waals surface area contributed by atoms with Gasteiger partial charge >= 0.3 is 0 Å². The minimum Gasteiger partial charge on any atom is -0.352 e. The van der Waals surface area contributed by atoms with Gasteiger partial charge in [0.25, 0.3) is 5.91 Å². The number of halogens is 1. The van der Waals surface area contributed by atoms with Crippen LogP contribution in [0.15, 0.2) is 40.9 Å². The molecule has 1 fully saturated rings. The molecule has 0 unspecified atom stereocenters. The van der Waals surface area contributed by atoms with E-state index in [9.17, 15) is 4.79 Å². The van der Waals surface area contributed by atoms with Crippen molar-refractivity contribution in [1.29, 1.82) is 0 Å². The summed E-state index contributed by atoms with van der Waals surface area (Å²) in [6, 6.07) is 11.4. The van der Waals surface area contributed by atoms with Crippen LogP contribution in [0.3, 0.4) is 0 Å². The van der Waals surface area contributed by atoms with E-state index in [1.54, 1.807) is 4.52 Å². The second kappa shape index (κ2) is 6.44. The monoisotopic (exact) mass is 400 g/mol. The maximum atomic E-state index is 12.6. The Morgan fingerprint density at radius 2 is 1.72 bits per heavy atom. The first-order valence-corrected chi connectivity index (χ1v) is 8.90. The molecule has 3 heterocycles. The lowest BCUT2D eigenvalue weighted by Gasteiger charge is -2.35. The number of aryl methyl sites for hydroxylation is 1. The molecule has 2 aromatic heterocycles. The number of piperazine rings is 1. The molecular weight excluding hydrogens is 384 g/mol. The highest BCUT2D eigenvalue weighted by atomic mass is 79.9. The van der Waals surface area contributed by atoms with Crippen molar-refractivity contribution in [3.05, 3.63) is 52.3 Å². The van der Waals surface area contributed by atoms with Crippen LogP contribution in [0.1, 0.15) is 16.2 Å². The third-order valence-corrected chi connectivity index (χ3v) is 4.92. The van der Waals surface area contributed by atoms with Crippen molar-refractivity contribution < 1.29 is 4.79 Å². The zero-order chi connectivity index (χ0) is 17.4. The minimum atomic E-state index is 0.0743. The number of anilines is 1. The summed E-state index contributed by atoms with van der Waals surface area (Å²) in [5.41, 5.74) is 1.46. The first-order chi connectivity index (χ1) is 12.1. The first kappa shape index (κ1) is 16.0. The van der Waals surface area contributed by atoms with Gasteiger partial charge in [0, 0.05) is 36.2 Å². The smallest absolute Gasteiger partial charge is 0.253 e. The Kier molecular flexibility index (Phi) is 4.12. The Bertz CT molecular complexity index is 915. The summed E-state index contributed by atoms with van der Waals surface area (Å²) in [7, 11) is 0. The second-order valence-corrected chi connectivity index (χ2v) is 6.91. The van der Waals surface area contributed by atoms with Crippen molar-refractivity contribution >= 4 is 33.3 Å². The van der Waals surface area contributed by atoms with Crippen LogP contribution in [0, 0.1) is 6.92 Å². The Balaban J connectivity index is 1.46. The number of benzene rings is 1. The molecule has 0 bridgehead atoms. The van der Waals surface area contributed by atoms with Gasteiger partial charge in [0.05, 0.1) is 0 Å². The van der Waals surface area contributed by atoms with Crippen molar-refractivity contribution in [2.75, 3.05) is 31.1 Å². The number of rotatable bonds is 2. The third-order valence-electron chi connectivity index (χ3n) is 4.39. The molecule has 8 heteroatoms. The number of carbonyl (C=O) groups is 1. The van der Waals surface area contributed by atoms with E-state index < -0.39 is 0 Å². The Hall–Kier alpha value is -2.48. The molecule has 1 aromatic carbocycles. The topological polar surface area (TPSA) is 66.6 Å². The van der Waals surface area contributed by atoms with E-state index in [0.29, 0.717) is 13.1 Å². The summed E-state index contributed by atoms with van der Waals surface area (Å²) in [6.07, 6.45) is 0. The number of aromatic nitrogens is 4. The molecule has 4 rings (SSSR count). The number of hydrogen-bond donors (Lipinski definition) is 0. The number of amides is 1. The molecular formula is C17H17BrN6O. The van der Waals surface area contributed by atoms with Crippen LogP contribution in [0.5, 0.6) is 0 Å². The zero-order valence-electron chi connectivity index (χ0n) is 13.8. The maximum Gasteiger partial charge on any atom is 0.253 e. The highest BCUT2D eigenvalue weighted by molar-refractivity contribution is 9.10. The number of fused-ring (bicyclic) bond motifs is 1. The Labute approximate surface area is 153 Å². The van der Waals surface area contributed by atoms with E-state index in [4.69, 9.17) is 0 Å². The lowest BCUT2D eigenvalue weighted by molar-refractivity contribution is 0.0746. The van der Waals surface area contributed by atoms with Gasteiger partial charge < -0.3 is 9.80 Å². The number of nitrogens with zero attached hydrogens (tertiary/aromatic N) is 6. The van der Waals surface area contributed by atoms with E-state index in [0.717, 1.165) is 40.4 Å². The summed E-state index contributed by atoms with van der Waals surface area (Å²) in [6.45, 7) is 4.74.